The van der Waals surface area contributed by atoms with E-state index in [-0.39, 0.29) is 11.1 Å². The quantitative estimate of drug-likeness (QED) is 0.392. The van der Waals surface area contributed by atoms with Gasteiger partial charge in [0.1, 0.15) is 5.75 Å². The zero-order chi connectivity index (χ0) is 22.7. The van der Waals surface area contributed by atoms with Crippen LogP contribution in [0.3, 0.4) is 0 Å². The molecular formula is C27H47NO3. The highest BCUT2D eigenvalue weighted by molar-refractivity contribution is 5.28. The van der Waals surface area contributed by atoms with Gasteiger partial charge in [-0.2, -0.15) is 0 Å². The van der Waals surface area contributed by atoms with Crippen LogP contribution in [-0.2, 0) is 15.9 Å². The summed E-state index contributed by atoms with van der Waals surface area (Å²) < 4.78 is 18.2. The monoisotopic (exact) mass is 433 g/mol. The van der Waals surface area contributed by atoms with E-state index in [9.17, 15) is 0 Å². The minimum Gasteiger partial charge on any atom is -0.494 e. The van der Waals surface area contributed by atoms with Crippen LogP contribution in [0.25, 0.3) is 0 Å². The lowest BCUT2D eigenvalue weighted by Gasteiger charge is -2.33. The highest BCUT2D eigenvalue weighted by Crippen LogP contribution is 2.27. The van der Waals surface area contributed by atoms with Gasteiger partial charge >= 0.3 is 0 Å². The van der Waals surface area contributed by atoms with Gasteiger partial charge in [0, 0.05) is 5.54 Å². The van der Waals surface area contributed by atoms with Crippen LogP contribution >= 0.6 is 0 Å². The van der Waals surface area contributed by atoms with E-state index in [1.807, 2.05) is 0 Å². The van der Waals surface area contributed by atoms with E-state index < -0.39 is 0 Å². The molecule has 31 heavy (non-hydrogen) atoms. The number of ether oxygens (including phenoxy) is 3. The predicted octanol–water partition coefficient (Wildman–Crippen LogP) is 6.31. The number of unbranched alkanes of at least 4 members (excludes halogenated alkanes) is 2. The minimum absolute atomic E-state index is 0.0467. The summed E-state index contributed by atoms with van der Waals surface area (Å²) in [5, 5.41) is 3.53. The molecule has 1 fully saturated rings. The lowest BCUT2D eigenvalue weighted by Crippen LogP contribution is -2.36. The molecular weight excluding hydrogens is 386 g/mol. The van der Waals surface area contributed by atoms with Gasteiger partial charge in [0.25, 0.3) is 0 Å². The second-order valence-electron chi connectivity index (χ2n) is 11.0. The van der Waals surface area contributed by atoms with Crippen molar-refractivity contribution in [3.05, 3.63) is 29.8 Å². The van der Waals surface area contributed by atoms with Crippen LogP contribution < -0.4 is 10.1 Å². The first-order valence-electron chi connectivity index (χ1n) is 12.4. The lowest BCUT2D eigenvalue weighted by atomic mass is 9.94. The Morgan fingerprint density at radius 3 is 2.26 bits per heavy atom. The number of rotatable bonds is 12. The minimum atomic E-state index is -0.0467. The molecule has 1 aliphatic rings. The van der Waals surface area contributed by atoms with Crippen LogP contribution in [-0.4, -0.2) is 43.1 Å². The van der Waals surface area contributed by atoms with Crippen molar-refractivity contribution in [3.63, 3.8) is 0 Å². The predicted molar refractivity (Wildman–Crippen MR) is 130 cm³/mol. The van der Waals surface area contributed by atoms with Crippen LogP contribution in [0, 0.1) is 0 Å². The Kier molecular flexibility index (Phi) is 10.8. The van der Waals surface area contributed by atoms with Crippen molar-refractivity contribution >= 4 is 0 Å². The zero-order valence-corrected chi connectivity index (χ0v) is 21.0. The average Bonchev–Trinajstić information content (AvgIpc) is 2.67. The largest absolute Gasteiger partial charge is 0.494 e. The standard InChI is InChI=1S/C27H47NO3/c1-26(2,3)28-18-8-7-9-19-29-25-12-10-11-22(21-25)17-20-30-23-13-15-24(16-14-23)31-27(4,5)6/h10-12,21,23-24,28H,7-9,13-20H2,1-6H3. The van der Waals surface area contributed by atoms with Crippen LogP contribution in [0.1, 0.15) is 92.1 Å². The van der Waals surface area contributed by atoms with E-state index in [1.165, 1.54) is 18.4 Å². The van der Waals surface area contributed by atoms with Crippen molar-refractivity contribution in [3.8, 4) is 5.75 Å². The molecule has 1 aromatic carbocycles. The number of nitrogens with one attached hydrogen (secondary N) is 1. The highest BCUT2D eigenvalue weighted by Gasteiger charge is 2.25. The summed E-state index contributed by atoms with van der Waals surface area (Å²) in [7, 11) is 0. The Morgan fingerprint density at radius 2 is 1.58 bits per heavy atom. The third kappa shape index (κ3) is 12.5. The number of hydrogen-bond acceptors (Lipinski definition) is 4. The van der Waals surface area contributed by atoms with Crippen LogP contribution in [0.15, 0.2) is 24.3 Å². The van der Waals surface area contributed by atoms with E-state index in [1.54, 1.807) is 0 Å². The molecule has 1 aromatic rings. The molecule has 0 heterocycles. The first kappa shape index (κ1) is 26.2. The third-order valence-electron chi connectivity index (χ3n) is 5.53. The molecule has 2 rings (SSSR count). The maximum Gasteiger partial charge on any atom is 0.119 e. The number of benzene rings is 1. The summed E-state index contributed by atoms with van der Waals surface area (Å²) in [6.07, 6.45) is 9.63. The topological polar surface area (TPSA) is 39.7 Å². The second-order valence-corrected chi connectivity index (χ2v) is 11.0. The van der Waals surface area contributed by atoms with E-state index in [2.05, 4.69) is 71.1 Å². The van der Waals surface area contributed by atoms with Gasteiger partial charge in [-0.15, -0.1) is 0 Å². The Morgan fingerprint density at radius 1 is 0.871 bits per heavy atom. The van der Waals surface area contributed by atoms with Gasteiger partial charge in [-0.25, -0.2) is 0 Å². The molecule has 1 saturated carbocycles. The van der Waals surface area contributed by atoms with Gasteiger partial charge in [0.2, 0.25) is 0 Å². The Balaban J connectivity index is 1.57. The van der Waals surface area contributed by atoms with E-state index in [4.69, 9.17) is 14.2 Å². The maximum absolute atomic E-state index is 6.16. The summed E-state index contributed by atoms with van der Waals surface area (Å²) in [4.78, 5) is 0. The molecule has 0 aliphatic heterocycles. The Hall–Kier alpha value is -1.10. The van der Waals surface area contributed by atoms with E-state index in [0.717, 1.165) is 64.0 Å². The van der Waals surface area contributed by atoms with Crippen molar-refractivity contribution in [2.24, 2.45) is 0 Å². The summed E-state index contributed by atoms with van der Waals surface area (Å²) in [5.41, 5.74) is 1.45. The summed E-state index contributed by atoms with van der Waals surface area (Å²) in [5.74, 6) is 0.977. The first-order valence-corrected chi connectivity index (χ1v) is 12.4. The van der Waals surface area contributed by atoms with E-state index >= 15 is 0 Å². The summed E-state index contributed by atoms with van der Waals surface area (Å²) in [6, 6.07) is 8.48. The molecule has 0 saturated heterocycles. The number of hydrogen-bond donors (Lipinski definition) is 1. The molecule has 0 amide bonds. The molecule has 1 aliphatic carbocycles. The smallest absolute Gasteiger partial charge is 0.119 e. The molecule has 0 unspecified atom stereocenters. The molecule has 178 valence electrons. The van der Waals surface area contributed by atoms with Crippen molar-refractivity contribution in [1.82, 2.24) is 5.32 Å². The molecule has 0 radical (unpaired) electrons. The normalized spacial score (nSPS) is 20.1. The van der Waals surface area contributed by atoms with Crippen molar-refractivity contribution in [2.75, 3.05) is 19.8 Å². The van der Waals surface area contributed by atoms with Gasteiger partial charge in [0.15, 0.2) is 0 Å². The first-order chi connectivity index (χ1) is 14.6. The highest BCUT2D eigenvalue weighted by atomic mass is 16.5. The van der Waals surface area contributed by atoms with Gasteiger partial charge in [-0.3, -0.25) is 0 Å². The van der Waals surface area contributed by atoms with Gasteiger partial charge in [-0.1, -0.05) is 12.1 Å². The van der Waals surface area contributed by atoms with Crippen molar-refractivity contribution in [2.45, 2.75) is 116 Å². The van der Waals surface area contributed by atoms with Crippen molar-refractivity contribution < 1.29 is 14.2 Å². The van der Waals surface area contributed by atoms with Gasteiger partial charge in [0.05, 0.1) is 31.0 Å². The zero-order valence-electron chi connectivity index (χ0n) is 21.0. The van der Waals surface area contributed by atoms with Crippen LogP contribution in [0.2, 0.25) is 0 Å². The Bertz CT molecular complexity index is 610. The molecule has 0 atom stereocenters. The fourth-order valence-electron chi connectivity index (χ4n) is 4.01. The molecule has 4 nitrogen and oxygen atoms in total. The van der Waals surface area contributed by atoms with Gasteiger partial charge in [-0.05, 0) is 117 Å². The molecule has 1 N–H and O–H groups in total. The molecule has 4 heteroatoms. The van der Waals surface area contributed by atoms with Crippen molar-refractivity contribution in [1.29, 1.82) is 0 Å². The fraction of sp³-hybridized carbons (Fsp3) is 0.778. The maximum atomic E-state index is 6.16. The SMILES string of the molecule is CC(C)(C)NCCCCCOc1cccc(CCOC2CCC(OC(C)(C)C)CC2)c1. The molecule has 0 bridgehead atoms. The molecule has 0 spiro atoms. The van der Waals surface area contributed by atoms with Gasteiger partial charge < -0.3 is 19.5 Å². The van der Waals surface area contributed by atoms with E-state index in [0.29, 0.717) is 12.2 Å². The fourth-order valence-corrected chi connectivity index (χ4v) is 4.01. The Labute approximate surface area is 191 Å². The summed E-state index contributed by atoms with van der Waals surface area (Å²) >= 11 is 0. The third-order valence-corrected chi connectivity index (χ3v) is 5.53. The molecule has 0 aromatic heterocycles. The van der Waals surface area contributed by atoms with Crippen LogP contribution in [0.4, 0.5) is 0 Å². The van der Waals surface area contributed by atoms with Crippen LogP contribution in [0.5, 0.6) is 5.75 Å². The summed E-state index contributed by atoms with van der Waals surface area (Å²) in [6.45, 7) is 15.7. The second kappa shape index (κ2) is 12.8. The lowest BCUT2D eigenvalue weighted by molar-refractivity contribution is -0.0930. The average molecular weight is 434 g/mol.